The topological polar surface area (TPSA) is 84.7 Å². The highest BCUT2D eigenvalue weighted by Crippen LogP contribution is 2.38. The Morgan fingerprint density at radius 2 is 2.00 bits per heavy atom. The van der Waals surface area contributed by atoms with Gasteiger partial charge in [-0.2, -0.15) is 0 Å². The molecule has 2 unspecified atom stereocenters. The molecule has 1 saturated heterocycles. The first-order chi connectivity index (χ1) is 13.0. The second-order valence-corrected chi connectivity index (χ2v) is 7.10. The standard InChI is InChI=1S/C20H21N3O4/c1-20(14-8-10-15(11-9-14)23(25)26)21-18-7-3-2-6-17(18)19(24)22(20)13-16-5-4-12-27-16/h2-3,6-11,16,21H,4-5,12-13H2,1H3. The van der Waals surface area contributed by atoms with Gasteiger partial charge in [0.15, 0.2) is 0 Å². The van der Waals surface area contributed by atoms with Gasteiger partial charge in [-0.15, -0.1) is 0 Å². The number of hydrogen-bond donors (Lipinski definition) is 1. The lowest BCUT2D eigenvalue weighted by Crippen LogP contribution is -2.57. The Balaban J connectivity index is 1.76. The minimum atomic E-state index is -0.827. The fraction of sp³-hybridized carbons (Fsp3) is 0.350. The Morgan fingerprint density at radius 3 is 2.67 bits per heavy atom. The van der Waals surface area contributed by atoms with Crippen LogP contribution in [0.25, 0.3) is 0 Å². The van der Waals surface area contributed by atoms with E-state index in [1.54, 1.807) is 17.0 Å². The molecule has 2 aliphatic rings. The number of para-hydroxylation sites is 1. The van der Waals surface area contributed by atoms with Crippen molar-refractivity contribution in [2.24, 2.45) is 0 Å². The van der Waals surface area contributed by atoms with E-state index in [0.717, 1.165) is 24.1 Å². The summed E-state index contributed by atoms with van der Waals surface area (Å²) < 4.78 is 5.76. The summed E-state index contributed by atoms with van der Waals surface area (Å²) in [5.74, 6) is -0.0688. The molecule has 2 aromatic carbocycles. The number of nitrogens with one attached hydrogen (secondary N) is 1. The van der Waals surface area contributed by atoms with Crippen LogP contribution in [0.2, 0.25) is 0 Å². The van der Waals surface area contributed by atoms with E-state index in [0.29, 0.717) is 18.7 Å². The molecule has 0 radical (unpaired) electrons. The second kappa shape index (κ2) is 6.66. The van der Waals surface area contributed by atoms with Crippen LogP contribution in [-0.4, -0.2) is 35.0 Å². The van der Waals surface area contributed by atoms with E-state index < -0.39 is 10.6 Å². The van der Waals surface area contributed by atoms with E-state index >= 15 is 0 Å². The molecule has 0 saturated carbocycles. The normalized spacial score (nSPS) is 24.4. The molecule has 2 atom stereocenters. The van der Waals surface area contributed by atoms with Crippen LogP contribution in [0.3, 0.4) is 0 Å². The number of carbonyl (C=O) groups is 1. The number of nitro groups is 1. The number of anilines is 1. The number of nitrogens with zero attached hydrogens (tertiary/aromatic N) is 2. The van der Waals surface area contributed by atoms with Crippen LogP contribution in [0.4, 0.5) is 11.4 Å². The predicted octanol–water partition coefficient (Wildman–Crippen LogP) is 3.51. The molecule has 7 heteroatoms. The number of benzene rings is 2. The third-order valence-electron chi connectivity index (χ3n) is 5.37. The highest BCUT2D eigenvalue weighted by molar-refractivity contribution is 6.02. The summed E-state index contributed by atoms with van der Waals surface area (Å²) in [7, 11) is 0. The van der Waals surface area contributed by atoms with Crippen molar-refractivity contribution < 1.29 is 14.5 Å². The lowest BCUT2D eigenvalue weighted by Gasteiger charge is -2.47. The van der Waals surface area contributed by atoms with E-state index in [-0.39, 0.29) is 17.7 Å². The number of amides is 1. The predicted molar refractivity (Wildman–Crippen MR) is 101 cm³/mol. The summed E-state index contributed by atoms with van der Waals surface area (Å²) in [5.41, 5.74) is 1.36. The lowest BCUT2D eigenvalue weighted by molar-refractivity contribution is -0.384. The van der Waals surface area contributed by atoms with Gasteiger partial charge in [0.05, 0.1) is 16.6 Å². The second-order valence-electron chi connectivity index (χ2n) is 7.10. The number of ether oxygens (including phenoxy) is 1. The number of non-ortho nitro benzene ring substituents is 1. The number of fused-ring (bicyclic) bond motifs is 1. The van der Waals surface area contributed by atoms with Crippen LogP contribution in [0.5, 0.6) is 0 Å². The van der Waals surface area contributed by atoms with Gasteiger partial charge in [-0.05, 0) is 49.6 Å². The summed E-state index contributed by atoms with van der Waals surface area (Å²) in [6.45, 7) is 3.11. The molecule has 4 rings (SSSR count). The van der Waals surface area contributed by atoms with Crippen LogP contribution >= 0.6 is 0 Å². The van der Waals surface area contributed by atoms with Gasteiger partial charge in [0.25, 0.3) is 11.6 Å². The monoisotopic (exact) mass is 367 g/mol. The maximum Gasteiger partial charge on any atom is 0.269 e. The largest absolute Gasteiger partial charge is 0.376 e. The van der Waals surface area contributed by atoms with Crippen molar-refractivity contribution in [3.8, 4) is 0 Å². The van der Waals surface area contributed by atoms with Crippen molar-refractivity contribution in [3.05, 3.63) is 69.8 Å². The molecule has 2 heterocycles. The molecule has 140 valence electrons. The summed E-state index contributed by atoms with van der Waals surface area (Å²) in [4.78, 5) is 25.6. The third-order valence-corrected chi connectivity index (χ3v) is 5.37. The molecule has 0 bridgehead atoms. The van der Waals surface area contributed by atoms with Crippen LogP contribution in [0.1, 0.15) is 35.7 Å². The molecule has 0 aliphatic carbocycles. The van der Waals surface area contributed by atoms with Crippen molar-refractivity contribution in [1.82, 2.24) is 4.90 Å². The van der Waals surface area contributed by atoms with Gasteiger partial charge in [-0.25, -0.2) is 0 Å². The molecule has 0 aromatic heterocycles. The van der Waals surface area contributed by atoms with E-state index in [4.69, 9.17) is 4.74 Å². The van der Waals surface area contributed by atoms with Gasteiger partial charge >= 0.3 is 0 Å². The number of nitro benzene ring substituents is 1. The first kappa shape index (κ1) is 17.5. The fourth-order valence-electron chi connectivity index (χ4n) is 3.85. The molecule has 1 amide bonds. The fourth-order valence-corrected chi connectivity index (χ4v) is 3.85. The Bertz CT molecular complexity index is 877. The van der Waals surface area contributed by atoms with Gasteiger partial charge in [0, 0.05) is 31.0 Å². The van der Waals surface area contributed by atoms with Gasteiger partial charge < -0.3 is 15.0 Å². The van der Waals surface area contributed by atoms with E-state index in [1.807, 2.05) is 31.2 Å². The average molecular weight is 367 g/mol. The molecule has 1 N–H and O–H groups in total. The van der Waals surface area contributed by atoms with E-state index in [2.05, 4.69) is 5.32 Å². The highest BCUT2D eigenvalue weighted by atomic mass is 16.6. The van der Waals surface area contributed by atoms with Gasteiger partial charge in [0.1, 0.15) is 5.66 Å². The van der Waals surface area contributed by atoms with Crippen LogP contribution in [0, 0.1) is 10.1 Å². The van der Waals surface area contributed by atoms with Crippen LogP contribution < -0.4 is 5.32 Å². The zero-order chi connectivity index (χ0) is 19.0. The average Bonchev–Trinajstić information content (AvgIpc) is 3.18. The SMILES string of the molecule is CC1(c2ccc([N+](=O)[O-])cc2)Nc2ccccc2C(=O)N1CC1CCCO1. The molecule has 1 fully saturated rings. The van der Waals surface area contributed by atoms with E-state index in [1.165, 1.54) is 12.1 Å². The molecule has 2 aliphatic heterocycles. The molecule has 2 aromatic rings. The minimum absolute atomic E-state index is 0.00149. The van der Waals surface area contributed by atoms with Crippen molar-refractivity contribution >= 4 is 17.3 Å². The lowest BCUT2D eigenvalue weighted by atomic mass is 9.93. The third kappa shape index (κ3) is 3.04. The van der Waals surface area contributed by atoms with Gasteiger partial charge in [-0.1, -0.05) is 12.1 Å². The first-order valence-corrected chi connectivity index (χ1v) is 9.05. The zero-order valence-corrected chi connectivity index (χ0v) is 15.1. The number of hydrogen-bond acceptors (Lipinski definition) is 5. The summed E-state index contributed by atoms with van der Waals surface area (Å²) in [6.07, 6.45) is 1.91. The van der Waals surface area contributed by atoms with Gasteiger partial charge in [-0.3, -0.25) is 14.9 Å². The molecule has 0 spiro atoms. The number of carbonyl (C=O) groups excluding carboxylic acids is 1. The van der Waals surface area contributed by atoms with Crippen LogP contribution in [0.15, 0.2) is 48.5 Å². The van der Waals surface area contributed by atoms with Crippen molar-refractivity contribution in [3.63, 3.8) is 0 Å². The molecule has 27 heavy (non-hydrogen) atoms. The van der Waals surface area contributed by atoms with Crippen molar-refractivity contribution in [1.29, 1.82) is 0 Å². The maximum atomic E-state index is 13.3. The Hall–Kier alpha value is -2.93. The summed E-state index contributed by atoms with van der Waals surface area (Å²) >= 11 is 0. The van der Waals surface area contributed by atoms with Gasteiger partial charge in [0.2, 0.25) is 0 Å². The van der Waals surface area contributed by atoms with Crippen molar-refractivity contribution in [2.75, 3.05) is 18.5 Å². The van der Waals surface area contributed by atoms with Crippen molar-refractivity contribution in [2.45, 2.75) is 31.5 Å². The smallest absolute Gasteiger partial charge is 0.269 e. The maximum absolute atomic E-state index is 13.3. The Morgan fingerprint density at radius 1 is 1.26 bits per heavy atom. The molecule has 7 nitrogen and oxygen atoms in total. The quantitative estimate of drug-likeness (QED) is 0.660. The Labute approximate surface area is 157 Å². The summed E-state index contributed by atoms with van der Waals surface area (Å²) in [5, 5.41) is 14.5. The molecular weight excluding hydrogens is 346 g/mol. The van der Waals surface area contributed by atoms with E-state index in [9.17, 15) is 14.9 Å². The molecular formula is C20H21N3O4. The van der Waals surface area contributed by atoms with Crippen LogP contribution in [-0.2, 0) is 10.4 Å². The number of rotatable bonds is 4. The zero-order valence-electron chi connectivity index (χ0n) is 15.1. The Kier molecular flexibility index (Phi) is 4.31. The highest BCUT2D eigenvalue weighted by Gasteiger charge is 2.43. The first-order valence-electron chi connectivity index (χ1n) is 9.05. The minimum Gasteiger partial charge on any atom is -0.376 e. The summed E-state index contributed by atoms with van der Waals surface area (Å²) in [6, 6.07) is 13.8.